The maximum Gasteiger partial charge on any atom is 0.317 e. The average molecular weight is 311 g/mol. The number of nitrogens with one attached hydrogen (secondary N) is 1. The molecule has 0 aliphatic carbocycles. The van der Waals surface area contributed by atoms with E-state index in [1.165, 1.54) is 11.3 Å². The van der Waals surface area contributed by atoms with Crippen molar-refractivity contribution < 1.29 is 9.59 Å². The normalized spacial score (nSPS) is 10.5. The zero-order valence-electron chi connectivity index (χ0n) is 11.5. The van der Waals surface area contributed by atoms with E-state index < -0.39 is 11.9 Å². The standard InChI is InChI=1S/C16H13N3O2S/c17-14(20)12-8-13(22-15(12)19-16(18)21)11-6-5-9-3-1-2-4-10(9)7-11/h1-8H,(H2,17,20)(H3,18,19,21). The molecular weight excluding hydrogens is 298 g/mol. The highest BCUT2D eigenvalue weighted by Gasteiger charge is 2.16. The van der Waals surface area contributed by atoms with E-state index in [9.17, 15) is 9.59 Å². The molecule has 3 rings (SSSR count). The van der Waals surface area contributed by atoms with Crippen LogP contribution in [-0.4, -0.2) is 11.9 Å². The summed E-state index contributed by atoms with van der Waals surface area (Å²) in [6.45, 7) is 0. The van der Waals surface area contributed by atoms with E-state index in [1.807, 2.05) is 42.5 Å². The number of amides is 3. The third-order valence-corrected chi connectivity index (χ3v) is 4.37. The molecule has 0 atom stereocenters. The Hall–Kier alpha value is -2.86. The Bertz CT molecular complexity index is 886. The molecule has 1 heterocycles. The zero-order chi connectivity index (χ0) is 15.7. The molecule has 5 nitrogen and oxygen atoms in total. The van der Waals surface area contributed by atoms with Crippen LogP contribution in [0.1, 0.15) is 10.4 Å². The molecule has 5 N–H and O–H groups in total. The third kappa shape index (κ3) is 2.64. The maximum atomic E-state index is 11.5. The van der Waals surface area contributed by atoms with Crippen molar-refractivity contribution in [1.82, 2.24) is 0 Å². The number of carbonyl (C=O) groups is 2. The van der Waals surface area contributed by atoms with Gasteiger partial charge in [-0.25, -0.2) is 4.79 Å². The highest BCUT2D eigenvalue weighted by atomic mass is 32.1. The van der Waals surface area contributed by atoms with Crippen molar-refractivity contribution in [2.24, 2.45) is 11.5 Å². The third-order valence-electron chi connectivity index (χ3n) is 3.27. The minimum Gasteiger partial charge on any atom is -0.366 e. The van der Waals surface area contributed by atoms with E-state index in [1.54, 1.807) is 6.07 Å². The van der Waals surface area contributed by atoms with E-state index in [4.69, 9.17) is 11.5 Å². The van der Waals surface area contributed by atoms with Crippen molar-refractivity contribution >= 4 is 39.0 Å². The largest absolute Gasteiger partial charge is 0.366 e. The number of fused-ring (bicyclic) bond motifs is 1. The number of nitrogens with two attached hydrogens (primary N) is 2. The average Bonchev–Trinajstić information content (AvgIpc) is 2.90. The van der Waals surface area contributed by atoms with E-state index in [-0.39, 0.29) is 5.56 Å². The molecule has 0 fully saturated rings. The summed E-state index contributed by atoms with van der Waals surface area (Å²) in [7, 11) is 0. The summed E-state index contributed by atoms with van der Waals surface area (Å²) >= 11 is 1.27. The molecule has 0 aliphatic rings. The number of carbonyl (C=O) groups excluding carboxylic acids is 2. The van der Waals surface area contributed by atoms with Crippen LogP contribution in [0.5, 0.6) is 0 Å². The fourth-order valence-corrected chi connectivity index (χ4v) is 3.33. The molecule has 0 bridgehead atoms. The molecule has 2 aromatic carbocycles. The minimum atomic E-state index is -0.727. The Morgan fingerprint density at radius 1 is 0.955 bits per heavy atom. The lowest BCUT2D eigenvalue weighted by molar-refractivity contribution is 0.100. The van der Waals surface area contributed by atoms with Gasteiger partial charge in [0.1, 0.15) is 5.00 Å². The monoisotopic (exact) mass is 311 g/mol. The van der Waals surface area contributed by atoms with Gasteiger partial charge in [0.15, 0.2) is 0 Å². The van der Waals surface area contributed by atoms with Crippen LogP contribution in [-0.2, 0) is 0 Å². The number of benzene rings is 2. The summed E-state index contributed by atoms with van der Waals surface area (Å²) < 4.78 is 0. The number of urea groups is 1. The van der Waals surface area contributed by atoms with Gasteiger partial charge in [0.2, 0.25) is 0 Å². The molecule has 3 amide bonds. The Labute approximate surface area is 130 Å². The van der Waals surface area contributed by atoms with Crippen LogP contribution in [0.3, 0.4) is 0 Å². The zero-order valence-corrected chi connectivity index (χ0v) is 12.3. The van der Waals surface area contributed by atoms with Gasteiger partial charge in [-0.2, -0.15) is 0 Å². The van der Waals surface area contributed by atoms with Gasteiger partial charge in [0.05, 0.1) is 5.56 Å². The smallest absolute Gasteiger partial charge is 0.317 e. The number of thiophene rings is 1. The molecule has 22 heavy (non-hydrogen) atoms. The molecule has 0 aliphatic heterocycles. The molecule has 6 heteroatoms. The maximum absolute atomic E-state index is 11.5. The number of primary amides is 2. The summed E-state index contributed by atoms with van der Waals surface area (Å²) in [6.07, 6.45) is 0. The van der Waals surface area contributed by atoms with Gasteiger partial charge in [0.25, 0.3) is 5.91 Å². The van der Waals surface area contributed by atoms with Crippen LogP contribution in [0.2, 0.25) is 0 Å². The second-order valence-electron chi connectivity index (χ2n) is 4.77. The molecule has 110 valence electrons. The Kier molecular flexibility index (Phi) is 3.52. The predicted molar refractivity (Wildman–Crippen MR) is 89.0 cm³/mol. The van der Waals surface area contributed by atoms with E-state index in [0.29, 0.717) is 5.00 Å². The number of hydrogen-bond acceptors (Lipinski definition) is 3. The lowest BCUT2D eigenvalue weighted by Gasteiger charge is -2.01. The molecule has 0 radical (unpaired) electrons. The number of hydrogen-bond donors (Lipinski definition) is 3. The van der Waals surface area contributed by atoms with E-state index >= 15 is 0 Å². The predicted octanol–water partition coefficient (Wildman–Crippen LogP) is 3.16. The van der Waals surface area contributed by atoms with Gasteiger partial charge in [-0.3, -0.25) is 10.1 Å². The van der Waals surface area contributed by atoms with Crippen molar-refractivity contribution in [2.45, 2.75) is 0 Å². The Morgan fingerprint density at radius 3 is 2.36 bits per heavy atom. The summed E-state index contributed by atoms with van der Waals surface area (Å²) in [5, 5.41) is 5.03. The SMILES string of the molecule is NC(=O)Nc1sc(-c2ccc3ccccc3c2)cc1C(N)=O. The van der Waals surface area contributed by atoms with Gasteiger partial charge >= 0.3 is 6.03 Å². The fraction of sp³-hybridized carbons (Fsp3) is 0. The van der Waals surface area contributed by atoms with Crippen LogP contribution >= 0.6 is 11.3 Å². The van der Waals surface area contributed by atoms with Crippen molar-refractivity contribution in [3.8, 4) is 10.4 Å². The number of anilines is 1. The van der Waals surface area contributed by atoms with Crippen LogP contribution < -0.4 is 16.8 Å². The molecule has 0 unspecified atom stereocenters. The first-order valence-corrected chi connectivity index (χ1v) is 7.35. The highest BCUT2D eigenvalue weighted by Crippen LogP contribution is 2.36. The first kappa shape index (κ1) is 14.1. The van der Waals surface area contributed by atoms with Gasteiger partial charge in [-0.1, -0.05) is 36.4 Å². The van der Waals surface area contributed by atoms with E-state index in [0.717, 1.165) is 21.2 Å². The quantitative estimate of drug-likeness (QED) is 0.692. The lowest BCUT2D eigenvalue weighted by atomic mass is 10.1. The van der Waals surface area contributed by atoms with Gasteiger partial charge in [-0.15, -0.1) is 11.3 Å². The van der Waals surface area contributed by atoms with E-state index in [2.05, 4.69) is 5.32 Å². The molecule has 3 aromatic rings. The van der Waals surface area contributed by atoms with Gasteiger partial charge in [-0.05, 0) is 28.5 Å². The first-order valence-electron chi connectivity index (χ1n) is 6.54. The Morgan fingerprint density at radius 2 is 1.68 bits per heavy atom. The fourth-order valence-electron chi connectivity index (χ4n) is 2.26. The highest BCUT2D eigenvalue weighted by molar-refractivity contribution is 7.20. The molecule has 0 saturated heterocycles. The van der Waals surface area contributed by atoms with Crippen LogP contribution in [0, 0.1) is 0 Å². The summed E-state index contributed by atoms with van der Waals surface area (Å²) in [5.74, 6) is -0.605. The molecule has 0 saturated carbocycles. The number of rotatable bonds is 3. The second kappa shape index (κ2) is 5.50. The minimum absolute atomic E-state index is 0.256. The second-order valence-corrected chi connectivity index (χ2v) is 5.82. The molecule has 1 aromatic heterocycles. The molecular formula is C16H13N3O2S. The van der Waals surface area contributed by atoms with Crippen molar-refractivity contribution in [2.75, 3.05) is 5.32 Å². The van der Waals surface area contributed by atoms with Gasteiger partial charge < -0.3 is 11.5 Å². The topological polar surface area (TPSA) is 98.2 Å². The Balaban J connectivity index is 2.09. The summed E-state index contributed by atoms with van der Waals surface area (Å²) in [6, 6.07) is 14.9. The van der Waals surface area contributed by atoms with Crippen LogP contribution in [0.4, 0.5) is 9.80 Å². The van der Waals surface area contributed by atoms with Gasteiger partial charge in [0, 0.05) is 4.88 Å². The molecule has 0 spiro atoms. The van der Waals surface area contributed by atoms with Crippen LogP contribution in [0.15, 0.2) is 48.5 Å². The van der Waals surface area contributed by atoms with Crippen molar-refractivity contribution in [1.29, 1.82) is 0 Å². The first-order chi connectivity index (χ1) is 10.5. The lowest BCUT2D eigenvalue weighted by Crippen LogP contribution is -2.21. The van der Waals surface area contributed by atoms with Crippen molar-refractivity contribution in [3.05, 3.63) is 54.1 Å². The van der Waals surface area contributed by atoms with Crippen LogP contribution in [0.25, 0.3) is 21.2 Å². The summed E-state index contributed by atoms with van der Waals surface area (Å²) in [5.41, 5.74) is 11.7. The van der Waals surface area contributed by atoms with Crippen molar-refractivity contribution in [3.63, 3.8) is 0 Å². The summed E-state index contributed by atoms with van der Waals surface area (Å²) in [4.78, 5) is 23.4.